The number of nitrogens with one attached hydrogen (secondary N) is 1. The van der Waals surface area contributed by atoms with Gasteiger partial charge in [-0.25, -0.2) is 4.79 Å². The number of benzene rings is 1. The van der Waals surface area contributed by atoms with E-state index in [4.69, 9.17) is 4.42 Å². The Bertz CT molecular complexity index is 917. The number of aryl methyl sites for hydroxylation is 3. The van der Waals surface area contributed by atoms with Crippen molar-refractivity contribution >= 4 is 11.6 Å². The summed E-state index contributed by atoms with van der Waals surface area (Å²) < 4.78 is 7.66. The third-order valence-electron chi connectivity index (χ3n) is 3.38. The van der Waals surface area contributed by atoms with Crippen molar-refractivity contribution in [1.29, 1.82) is 0 Å². The van der Waals surface area contributed by atoms with Gasteiger partial charge in [-0.3, -0.25) is 4.79 Å². The summed E-state index contributed by atoms with van der Waals surface area (Å²) in [7, 11) is 1.52. The van der Waals surface area contributed by atoms with Crippen molar-refractivity contribution < 1.29 is 9.21 Å². The molecule has 0 fully saturated rings. The summed E-state index contributed by atoms with van der Waals surface area (Å²) in [5, 5.41) is 10.2. The van der Waals surface area contributed by atoms with Crippen LogP contribution in [-0.2, 0) is 7.05 Å². The third-order valence-corrected chi connectivity index (χ3v) is 3.38. The van der Waals surface area contributed by atoms with Gasteiger partial charge in [0.15, 0.2) is 0 Å². The van der Waals surface area contributed by atoms with Crippen LogP contribution >= 0.6 is 0 Å². The monoisotopic (exact) mass is 313 g/mol. The van der Waals surface area contributed by atoms with Crippen molar-refractivity contribution in [2.24, 2.45) is 7.05 Å². The van der Waals surface area contributed by atoms with E-state index in [2.05, 4.69) is 15.7 Å². The fourth-order valence-corrected chi connectivity index (χ4v) is 2.22. The number of hydrogen-bond donors (Lipinski definition) is 1. The Kier molecular flexibility index (Phi) is 3.57. The standard InChI is InChI=1S/C15H15N5O3/c1-9-8-13(10(2)23-9)14(21)16-11-4-6-12(7-5-11)20-15(22)19(3)17-18-20/h4-8H,1-3H3,(H,16,21). The first-order valence-electron chi connectivity index (χ1n) is 6.93. The van der Waals surface area contributed by atoms with E-state index >= 15 is 0 Å². The molecular formula is C15H15N5O3. The van der Waals surface area contributed by atoms with Gasteiger partial charge in [-0.15, -0.1) is 0 Å². The Labute approximate surface area is 131 Å². The Balaban J connectivity index is 1.80. The lowest BCUT2D eigenvalue weighted by molar-refractivity contribution is 0.102. The zero-order valence-corrected chi connectivity index (χ0v) is 12.9. The molecule has 0 saturated carbocycles. The molecule has 2 heterocycles. The van der Waals surface area contributed by atoms with Gasteiger partial charge < -0.3 is 9.73 Å². The van der Waals surface area contributed by atoms with Gasteiger partial charge in [0.05, 0.1) is 11.3 Å². The van der Waals surface area contributed by atoms with Crippen LogP contribution in [0.25, 0.3) is 5.69 Å². The molecule has 8 nitrogen and oxygen atoms in total. The van der Waals surface area contributed by atoms with Gasteiger partial charge in [0.2, 0.25) is 0 Å². The zero-order chi connectivity index (χ0) is 16.6. The van der Waals surface area contributed by atoms with Gasteiger partial charge in [0.25, 0.3) is 5.91 Å². The highest BCUT2D eigenvalue weighted by atomic mass is 16.3. The number of anilines is 1. The van der Waals surface area contributed by atoms with Crippen molar-refractivity contribution in [2.45, 2.75) is 13.8 Å². The lowest BCUT2D eigenvalue weighted by Gasteiger charge is -2.05. The van der Waals surface area contributed by atoms with Crippen LogP contribution in [0, 0.1) is 13.8 Å². The van der Waals surface area contributed by atoms with Crippen LogP contribution in [-0.4, -0.2) is 25.7 Å². The van der Waals surface area contributed by atoms with Crippen LogP contribution in [0.2, 0.25) is 0 Å². The highest BCUT2D eigenvalue weighted by Crippen LogP contribution is 2.17. The van der Waals surface area contributed by atoms with Gasteiger partial charge in [-0.2, -0.15) is 9.36 Å². The molecule has 2 aromatic heterocycles. The normalized spacial score (nSPS) is 10.7. The number of hydrogen-bond acceptors (Lipinski definition) is 5. The highest BCUT2D eigenvalue weighted by Gasteiger charge is 2.14. The van der Waals surface area contributed by atoms with E-state index in [1.54, 1.807) is 44.2 Å². The molecule has 0 aliphatic rings. The predicted octanol–water partition coefficient (Wildman–Crippen LogP) is 1.43. The second-order valence-corrected chi connectivity index (χ2v) is 5.12. The summed E-state index contributed by atoms with van der Waals surface area (Å²) in [6.45, 7) is 3.53. The van der Waals surface area contributed by atoms with Crippen LogP contribution in [0.4, 0.5) is 5.69 Å². The summed E-state index contributed by atoms with van der Waals surface area (Å²) in [5.74, 6) is 1.01. The fourth-order valence-electron chi connectivity index (χ4n) is 2.22. The van der Waals surface area contributed by atoms with Gasteiger partial charge in [0.1, 0.15) is 11.5 Å². The second kappa shape index (κ2) is 5.56. The molecule has 1 amide bonds. The van der Waals surface area contributed by atoms with Crippen LogP contribution < -0.4 is 11.0 Å². The second-order valence-electron chi connectivity index (χ2n) is 5.12. The molecule has 0 aliphatic heterocycles. The van der Waals surface area contributed by atoms with Crippen molar-refractivity contribution in [3.05, 3.63) is 57.9 Å². The summed E-state index contributed by atoms with van der Waals surface area (Å²) in [5.41, 5.74) is 1.33. The van der Waals surface area contributed by atoms with Crippen LogP contribution in [0.5, 0.6) is 0 Å². The maximum atomic E-state index is 12.2. The van der Waals surface area contributed by atoms with E-state index in [9.17, 15) is 9.59 Å². The minimum atomic E-state index is -0.341. The number of tetrazole rings is 1. The molecule has 0 bridgehead atoms. The Hall–Kier alpha value is -3.16. The van der Waals surface area contributed by atoms with E-state index in [-0.39, 0.29) is 11.6 Å². The molecule has 8 heteroatoms. The summed E-state index contributed by atoms with van der Waals surface area (Å²) in [4.78, 5) is 24.0. The molecule has 3 aromatic rings. The minimum absolute atomic E-state index is 0.247. The van der Waals surface area contributed by atoms with Crippen molar-refractivity contribution in [2.75, 3.05) is 5.32 Å². The molecule has 0 radical (unpaired) electrons. The van der Waals surface area contributed by atoms with Crippen molar-refractivity contribution in [1.82, 2.24) is 19.8 Å². The Morgan fingerprint density at radius 2 is 1.87 bits per heavy atom. The quantitative estimate of drug-likeness (QED) is 0.789. The number of carbonyl (C=O) groups is 1. The maximum absolute atomic E-state index is 12.2. The predicted molar refractivity (Wildman–Crippen MR) is 82.7 cm³/mol. The van der Waals surface area contributed by atoms with E-state index in [0.29, 0.717) is 28.5 Å². The van der Waals surface area contributed by atoms with Crippen LogP contribution in [0.15, 0.2) is 39.5 Å². The molecule has 23 heavy (non-hydrogen) atoms. The first-order chi connectivity index (χ1) is 11.0. The number of nitrogens with zero attached hydrogens (tertiary/aromatic N) is 4. The number of rotatable bonds is 3. The molecule has 0 atom stereocenters. The number of amides is 1. The molecule has 0 spiro atoms. The summed E-state index contributed by atoms with van der Waals surface area (Å²) >= 11 is 0. The van der Waals surface area contributed by atoms with Gasteiger partial charge in [-0.1, -0.05) is 0 Å². The molecule has 0 unspecified atom stereocenters. The van der Waals surface area contributed by atoms with E-state index in [1.165, 1.54) is 11.7 Å². The van der Waals surface area contributed by atoms with Gasteiger partial charge in [-0.05, 0) is 54.6 Å². The van der Waals surface area contributed by atoms with E-state index in [0.717, 1.165) is 4.68 Å². The number of aromatic nitrogens is 4. The van der Waals surface area contributed by atoms with Crippen molar-refractivity contribution in [3.63, 3.8) is 0 Å². The highest BCUT2D eigenvalue weighted by molar-refractivity contribution is 6.05. The zero-order valence-electron chi connectivity index (χ0n) is 12.9. The molecule has 1 N–H and O–H groups in total. The largest absolute Gasteiger partial charge is 0.466 e. The van der Waals surface area contributed by atoms with E-state index < -0.39 is 0 Å². The Morgan fingerprint density at radius 3 is 2.39 bits per heavy atom. The molecule has 118 valence electrons. The van der Waals surface area contributed by atoms with Gasteiger partial charge in [0, 0.05) is 12.7 Å². The smallest absolute Gasteiger partial charge is 0.368 e. The first-order valence-corrected chi connectivity index (χ1v) is 6.93. The fraction of sp³-hybridized carbons (Fsp3) is 0.200. The number of carbonyl (C=O) groups excluding carboxylic acids is 1. The molecule has 0 saturated heterocycles. The van der Waals surface area contributed by atoms with E-state index in [1.807, 2.05) is 0 Å². The average Bonchev–Trinajstić information content (AvgIpc) is 3.03. The lowest BCUT2D eigenvalue weighted by atomic mass is 10.2. The molecule has 1 aromatic carbocycles. The lowest BCUT2D eigenvalue weighted by Crippen LogP contribution is -2.21. The summed E-state index contributed by atoms with van der Waals surface area (Å²) in [6, 6.07) is 8.43. The topological polar surface area (TPSA) is 95.0 Å². The molecule has 3 rings (SSSR count). The first kappa shape index (κ1) is 14.8. The minimum Gasteiger partial charge on any atom is -0.466 e. The maximum Gasteiger partial charge on any atom is 0.368 e. The number of furan rings is 1. The Morgan fingerprint density at radius 1 is 1.17 bits per heavy atom. The average molecular weight is 313 g/mol. The van der Waals surface area contributed by atoms with Crippen molar-refractivity contribution in [3.8, 4) is 5.69 Å². The molecular weight excluding hydrogens is 298 g/mol. The SMILES string of the molecule is Cc1cc(C(=O)Nc2ccc(-n3nnn(C)c3=O)cc2)c(C)o1. The third kappa shape index (κ3) is 2.78. The molecule has 0 aliphatic carbocycles. The van der Waals surface area contributed by atoms with Gasteiger partial charge >= 0.3 is 5.69 Å². The summed E-state index contributed by atoms with van der Waals surface area (Å²) in [6.07, 6.45) is 0. The van der Waals surface area contributed by atoms with Crippen LogP contribution in [0.3, 0.4) is 0 Å². The van der Waals surface area contributed by atoms with Crippen LogP contribution in [0.1, 0.15) is 21.9 Å².